The van der Waals surface area contributed by atoms with Crippen LogP contribution >= 0.6 is 11.8 Å². The van der Waals surface area contributed by atoms with Gasteiger partial charge in [0.15, 0.2) is 10.7 Å². The molecular weight excluding hydrogens is 318 g/mol. The highest BCUT2D eigenvalue weighted by atomic mass is 32.2. The highest BCUT2D eigenvalue weighted by Gasteiger charge is 2.17. The molecule has 0 bridgehead atoms. The van der Waals surface area contributed by atoms with Crippen LogP contribution in [0.1, 0.15) is 18.5 Å². The summed E-state index contributed by atoms with van der Waals surface area (Å²) in [6.45, 7) is 3.15. The molecule has 3 rings (SSSR count). The molecule has 1 saturated heterocycles. The fourth-order valence-electron chi connectivity index (χ4n) is 2.46. The van der Waals surface area contributed by atoms with Crippen LogP contribution in [-0.4, -0.2) is 50.7 Å². The quantitative estimate of drug-likeness (QED) is 0.603. The van der Waals surface area contributed by atoms with Crippen molar-refractivity contribution in [3.8, 4) is 0 Å². The Labute approximate surface area is 137 Å². The number of nitrogens with zero attached hydrogens (tertiary/aromatic N) is 3. The van der Waals surface area contributed by atoms with E-state index in [1.54, 1.807) is 11.7 Å². The SMILES string of the molecule is Cc1c2nc(SCC(=O)NCC3CCCO3)[nH]c(=O)c2nn1C. The van der Waals surface area contributed by atoms with Crippen molar-refractivity contribution < 1.29 is 9.53 Å². The molecule has 3 heterocycles. The smallest absolute Gasteiger partial charge is 0.279 e. The maximum Gasteiger partial charge on any atom is 0.279 e. The molecule has 1 unspecified atom stereocenters. The van der Waals surface area contributed by atoms with Crippen molar-refractivity contribution in [2.75, 3.05) is 18.9 Å². The van der Waals surface area contributed by atoms with Gasteiger partial charge in [0, 0.05) is 20.2 Å². The van der Waals surface area contributed by atoms with Crippen molar-refractivity contribution in [2.24, 2.45) is 7.05 Å². The number of hydrogen-bond acceptors (Lipinski definition) is 6. The maximum atomic E-state index is 12.0. The fraction of sp³-hybridized carbons (Fsp3) is 0.571. The lowest BCUT2D eigenvalue weighted by atomic mass is 10.2. The molecular formula is C14H19N5O3S. The first kappa shape index (κ1) is 16.0. The van der Waals surface area contributed by atoms with Crippen LogP contribution in [0.15, 0.2) is 9.95 Å². The minimum absolute atomic E-state index is 0.101. The van der Waals surface area contributed by atoms with Crippen LogP contribution in [0.3, 0.4) is 0 Å². The van der Waals surface area contributed by atoms with Gasteiger partial charge in [-0.3, -0.25) is 19.3 Å². The molecule has 0 aliphatic carbocycles. The zero-order chi connectivity index (χ0) is 16.4. The average Bonchev–Trinajstić information content (AvgIpc) is 3.14. The van der Waals surface area contributed by atoms with Crippen molar-refractivity contribution in [3.05, 3.63) is 16.0 Å². The van der Waals surface area contributed by atoms with E-state index in [0.717, 1.165) is 25.1 Å². The molecule has 2 N–H and O–H groups in total. The van der Waals surface area contributed by atoms with E-state index in [9.17, 15) is 9.59 Å². The summed E-state index contributed by atoms with van der Waals surface area (Å²) >= 11 is 1.20. The van der Waals surface area contributed by atoms with E-state index in [-0.39, 0.29) is 23.3 Å². The number of hydrogen-bond donors (Lipinski definition) is 2. The van der Waals surface area contributed by atoms with E-state index in [2.05, 4.69) is 20.4 Å². The van der Waals surface area contributed by atoms with Gasteiger partial charge in [-0.1, -0.05) is 11.8 Å². The van der Waals surface area contributed by atoms with E-state index < -0.39 is 0 Å². The number of nitrogens with one attached hydrogen (secondary N) is 2. The summed E-state index contributed by atoms with van der Waals surface area (Å²) < 4.78 is 7.08. The zero-order valence-corrected chi connectivity index (χ0v) is 13.9. The Balaban J connectivity index is 1.61. The molecule has 1 fully saturated rings. The number of ether oxygens (including phenoxy) is 1. The van der Waals surface area contributed by atoms with Crippen LogP contribution in [0.5, 0.6) is 0 Å². The molecule has 1 amide bonds. The molecule has 0 aromatic carbocycles. The van der Waals surface area contributed by atoms with Crippen LogP contribution in [0.2, 0.25) is 0 Å². The van der Waals surface area contributed by atoms with Gasteiger partial charge in [0.05, 0.1) is 17.6 Å². The first-order valence-corrected chi connectivity index (χ1v) is 8.48. The second kappa shape index (κ2) is 6.71. The Bertz CT molecular complexity index is 779. The number of H-pyrrole nitrogens is 1. The molecule has 23 heavy (non-hydrogen) atoms. The van der Waals surface area contributed by atoms with Crippen molar-refractivity contribution in [1.82, 2.24) is 25.1 Å². The average molecular weight is 337 g/mol. The molecule has 124 valence electrons. The number of thioether (sulfide) groups is 1. The number of carbonyl (C=O) groups is 1. The number of rotatable bonds is 5. The van der Waals surface area contributed by atoms with Gasteiger partial charge in [-0.2, -0.15) is 5.10 Å². The number of carbonyl (C=O) groups excluding carboxylic acids is 1. The topological polar surface area (TPSA) is 102 Å². The van der Waals surface area contributed by atoms with Crippen molar-refractivity contribution >= 4 is 28.7 Å². The third-order valence-corrected chi connectivity index (χ3v) is 4.72. The van der Waals surface area contributed by atoms with Crippen LogP contribution in [0.25, 0.3) is 11.0 Å². The minimum Gasteiger partial charge on any atom is -0.376 e. The Morgan fingerprint density at radius 2 is 2.35 bits per heavy atom. The summed E-state index contributed by atoms with van der Waals surface area (Å²) in [5, 5.41) is 7.39. The third kappa shape index (κ3) is 3.56. The van der Waals surface area contributed by atoms with Gasteiger partial charge in [0.2, 0.25) is 5.91 Å². The second-order valence-electron chi connectivity index (χ2n) is 5.51. The molecule has 9 heteroatoms. The molecule has 8 nitrogen and oxygen atoms in total. The highest BCUT2D eigenvalue weighted by molar-refractivity contribution is 7.99. The predicted molar refractivity (Wildman–Crippen MR) is 86.6 cm³/mol. The summed E-state index contributed by atoms with van der Waals surface area (Å²) in [6.07, 6.45) is 2.15. The Kier molecular flexibility index (Phi) is 4.67. The molecule has 1 aliphatic rings. The normalized spacial score (nSPS) is 17.7. The lowest BCUT2D eigenvalue weighted by Crippen LogP contribution is -2.33. The predicted octanol–water partition coefficient (Wildman–Crippen LogP) is 0.352. The van der Waals surface area contributed by atoms with Gasteiger partial charge in [-0.25, -0.2) is 4.98 Å². The van der Waals surface area contributed by atoms with Gasteiger partial charge >= 0.3 is 0 Å². The molecule has 2 aromatic heterocycles. The summed E-state index contributed by atoms with van der Waals surface area (Å²) in [5.41, 5.74) is 1.41. The van der Waals surface area contributed by atoms with Crippen molar-refractivity contribution in [1.29, 1.82) is 0 Å². The first-order valence-electron chi connectivity index (χ1n) is 7.49. The van der Waals surface area contributed by atoms with Gasteiger partial charge < -0.3 is 10.1 Å². The molecule has 1 atom stereocenters. The van der Waals surface area contributed by atoms with Gasteiger partial charge in [-0.15, -0.1) is 0 Å². The van der Waals surface area contributed by atoms with E-state index >= 15 is 0 Å². The van der Waals surface area contributed by atoms with Crippen molar-refractivity contribution in [2.45, 2.75) is 31.0 Å². The number of aromatic amines is 1. The number of fused-ring (bicyclic) bond motifs is 1. The lowest BCUT2D eigenvalue weighted by molar-refractivity contribution is -0.119. The molecule has 1 aliphatic heterocycles. The summed E-state index contributed by atoms with van der Waals surface area (Å²) in [6, 6.07) is 0. The molecule has 2 aromatic rings. The van der Waals surface area contributed by atoms with Gasteiger partial charge in [-0.05, 0) is 19.8 Å². The van der Waals surface area contributed by atoms with E-state index in [1.807, 2.05) is 6.92 Å². The maximum absolute atomic E-state index is 12.0. The lowest BCUT2D eigenvalue weighted by Gasteiger charge is -2.10. The monoisotopic (exact) mass is 337 g/mol. The third-order valence-electron chi connectivity index (χ3n) is 3.84. The number of aromatic nitrogens is 4. The van der Waals surface area contributed by atoms with Gasteiger partial charge in [0.1, 0.15) is 5.52 Å². The van der Waals surface area contributed by atoms with Crippen molar-refractivity contribution in [3.63, 3.8) is 0 Å². The van der Waals surface area contributed by atoms with Crippen LogP contribution in [-0.2, 0) is 16.6 Å². The highest BCUT2D eigenvalue weighted by Crippen LogP contribution is 2.16. The Morgan fingerprint density at radius 1 is 1.52 bits per heavy atom. The Morgan fingerprint density at radius 3 is 3.09 bits per heavy atom. The first-order chi connectivity index (χ1) is 11.0. The standard InChI is InChI=1S/C14H19N5O3S/c1-8-11-12(18-19(8)2)13(21)17-14(16-11)23-7-10(20)15-6-9-4-3-5-22-9/h9H,3-7H2,1-2H3,(H,15,20)(H,16,17,21). The second-order valence-corrected chi connectivity index (χ2v) is 6.47. The van der Waals surface area contributed by atoms with E-state index in [0.29, 0.717) is 22.7 Å². The minimum atomic E-state index is -0.291. The van der Waals surface area contributed by atoms with E-state index in [4.69, 9.17) is 4.74 Å². The Hall–Kier alpha value is -1.87. The molecule has 0 radical (unpaired) electrons. The summed E-state index contributed by atoms with van der Waals surface area (Å²) in [5.74, 6) is 0.0941. The largest absolute Gasteiger partial charge is 0.376 e. The van der Waals surface area contributed by atoms with E-state index in [1.165, 1.54) is 11.8 Å². The number of amides is 1. The van der Waals surface area contributed by atoms with Crippen LogP contribution in [0, 0.1) is 6.92 Å². The van der Waals surface area contributed by atoms with Crippen LogP contribution < -0.4 is 10.9 Å². The fourth-order valence-corrected chi connectivity index (χ4v) is 3.15. The summed E-state index contributed by atoms with van der Waals surface area (Å²) in [7, 11) is 1.77. The molecule has 0 saturated carbocycles. The van der Waals surface area contributed by atoms with Crippen LogP contribution in [0.4, 0.5) is 0 Å². The number of aryl methyl sites for hydroxylation is 2. The van der Waals surface area contributed by atoms with Gasteiger partial charge in [0.25, 0.3) is 5.56 Å². The molecule has 0 spiro atoms. The zero-order valence-electron chi connectivity index (χ0n) is 13.1. The summed E-state index contributed by atoms with van der Waals surface area (Å²) in [4.78, 5) is 30.9.